The number of aromatic nitrogens is 2. The number of halogens is 4. The molecule has 0 radical (unpaired) electrons. The van der Waals surface area contributed by atoms with Gasteiger partial charge in [0.15, 0.2) is 0 Å². The molecule has 0 saturated heterocycles. The van der Waals surface area contributed by atoms with Crippen molar-refractivity contribution in [3.05, 3.63) is 69.2 Å². The Morgan fingerprint density at radius 3 is 2.45 bits per heavy atom. The van der Waals surface area contributed by atoms with Crippen LogP contribution in [0.2, 0.25) is 5.02 Å². The second-order valence-corrected chi connectivity index (χ2v) is 9.83. The van der Waals surface area contributed by atoms with E-state index < -0.39 is 32.7 Å². The lowest BCUT2D eigenvalue weighted by molar-refractivity contribution is -0.137. The third-order valence-corrected chi connectivity index (χ3v) is 7.48. The molecule has 1 unspecified atom stereocenters. The van der Waals surface area contributed by atoms with Gasteiger partial charge in [0.1, 0.15) is 5.82 Å². The number of nitrogens with zero attached hydrogens (tertiary/aromatic N) is 3. The Morgan fingerprint density at radius 2 is 1.85 bits per heavy atom. The number of benzene rings is 2. The molecule has 2 aromatic carbocycles. The van der Waals surface area contributed by atoms with E-state index in [0.717, 1.165) is 22.5 Å². The third-order valence-electron chi connectivity index (χ3n) is 5.28. The Morgan fingerprint density at radius 1 is 1.15 bits per heavy atom. The first-order valence-electron chi connectivity index (χ1n) is 10.3. The largest absolute Gasteiger partial charge is 0.416 e. The van der Waals surface area contributed by atoms with Crippen molar-refractivity contribution in [2.24, 2.45) is 0 Å². The van der Waals surface area contributed by atoms with E-state index >= 15 is 0 Å². The summed E-state index contributed by atoms with van der Waals surface area (Å²) in [6.45, 7) is 5.29. The number of rotatable bonds is 7. The first kappa shape index (κ1) is 25.2. The fourth-order valence-corrected chi connectivity index (χ4v) is 5.57. The van der Waals surface area contributed by atoms with E-state index in [1.807, 2.05) is 0 Å². The number of fused-ring (bicyclic) bond motifs is 1. The molecule has 0 fully saturated rings. The maximum atomic E-state index is 13.4. The maximum Gasteiger partial charge on any atom is 0.416 e. The van der Waals surface area contributed by atoms with Gasteiger partial charge in [0.05, 0.1) is 27.4 Å². The van der Waals surface area contributed by atoms with Crippen LogP contribution < -0.4 is 5.56 Å². The van der Waals surface area contributed by atoms with Crippen LogP contribution in [-0.2, 0) is 22.7 Å². The molecule has 3 rings (SSSR count). The number of sulfonamides is 1. The van der Waals surface area contributed by atoms with Gasteiger partial charge in [-0.15, -0.1) is 0 Å². The van der Waals surface area contributed by atoms with Crippen LogP contribution in [0.3, 0.4) is 0 Å². The minimum atomic E-state index is -4.69. The first-order valence-corrected chi connectivity index (χ1v) is 12.1. The van der Waals surface area contributed by atoms with Gasteiger partial charge in [-0.25, -0.2) is 13.4 Å². The van der Waals surface area contributed by atoms with Gasteiger partial charge in [0.25, 0.3) is 5.56 Å². The van der Waals surface area contributed by atoms with Crippen LogP contribution in [0, 0.1) is 0 Å². The molecule has 0 spiro atoms. The summed E-state index contributed by atoms with van der Waals surface area (Å²) in [5.74, 6) is 0.182. The van der Waals surface area contributed by atoms with Crippen molar-refractivity contribution in [1.82, 2.24) is 13.9 Å². The molecule has 0 amide bonds. The molecule has 0 saturated carbocycles. The van der Waals surface area contributed by atoms with Gasteiger partial charge in [0, 0.05) is 18.1 Å². The highest BCUT2D eigenvalue weighted by molar-refractivity contribution is 7.89. The van der Waals surface area contributed by atoms with Gasteiger partial charge in [-0.3, -0.25) is 9.36 Å². The summed E-state index contributed by atoms with van der Waals surface area (Å²) in [7, 11) is -4.34. The van der Waals surface area contributed by atoms with Gasteiger partial charge < -0.3 is 0 Å². The van der Waals surface area contributed by atoms with Crippen molar-refractivity contribution in [3.63, 3.8) is 0 Å². The van der Waals surface area contributed by atoms with Gasteiger partial charge in [-0.2, -0.15) is 17.5 Å². The van der Waals surface area contributed by atoms with E-state index in [0.29, 0.717) is 28.4 Å². The molecule has 3 aromatic rings. The number of hydrogen-bond acceptors (Lipinski definition) is 4. The Hall–Kier alpha value is -2.43. The van der Waals surface area contributed by atoms with Crippen LogP contribution in [0.25, 0.3) is 10.9 Å². The topological polar surface area (TPSA) is 72.3 Å². The predicted molar refractivity (Wildman–Crippen MR) is 121 cm³/mol. The molecule has 1 heterocycles. The molecule has 1 aromatic heterocycles. The summed E-state index contributed by atoms with van der Waals surface area (Å²) in [6.07, 6.45) is -4.28. The second kappa shape index (κ2) is 9.44. The van der Waals surface area contributed by atoms with E-state index in [1.165, 1.54) is 10.6 Å². The number of alkyl halides is 3. The van der Waals surface area contributed by atoms with Crippen molar-refractivity contribution < 1.29 is 21.6 Å². The van der Waals surface area contributed by atoms with Crippen molar-refractivity contribution in [3.8, 4) is 0 Å². The molecule has 0 aliphatic rings. The Labute approximate surface area is 194 Å². The Balaban J connectivity index is 2.18. The summed E-state index contributed by atoms with van der Waals surface area (Å²) >= 11 is 6.05. The maximum absolute atomic E-state index is 13.4. The van der Waals surface area contributed by atoms with Gasteiger partial charge in [-0.1, -0.05) is 24.6 Å². The van der Waals surface area contributed by atoms with E-state index in [4.69, 9.17) is 11.6 Å². The molecule has 0 N–H and O–H groups in total. The van der Waals surface area contributed by atoms with Gasteiger partial charge in [-0.05, 0) is 56.7 Å². The fraction of sp³-hybridized carbons (Fsp3) is 0.364. The monoisotopic (exact) mass is 501 g/mol. The zero-order valence-electron chi connectivity index (χ0n) is 18.2. The highest BCUT2D eigenvalue weighted by Crippen LogP contribution is 2.33. The molecular formula is C22H23ClF3N3O3S. The van der Waals surface area contributed by atoms with Crippen LogP contribution in [0.1, 0.15) is 44.6 Å². The second-order valence-electron chi connectivity index (χ2n) is 7.50. The molecule has 178 valence electrons. The first-order chi connectivity index (χ1) is 15.4. The van der Waals surface area contributed by atoms with E-state index in [9.17, 15) is 26.4 Å². The van der Waals surface area contributed by atoms with E-state index in [-0.39, 0.29) is 24.5 Å². The smallest absolute Gasteiger partial charge is 0.295 e. The van der Waals surface area contributed by atoms with Crippen LogP contribution in [0.15, 0.2) is 52.2 Å². The molecule has 0 aliphatic carbocycles. The lowest BCUT2D eigenvalue weighted by atomic mass is 10.2. The standard InChI is InChI=1S/C22H23ClF3N3O3S/c1-4-11-29(33(31,32)17-8-6-7-15(12-17)22(24,25)26)14(3)20-27-19-13-16(23)9-10-18(19)21(30)28(20)5-2/h6-10,12-14H,4-5,11H2,1-3H3. The van der Waals surface area contributed by atoms with Crippen LogP contribution in [0.4, 0.5) is 13.2 Å². The molecule has 6 nitrogen and oxygen atoms in total. The minimum Gasteiger partial charge on any atom is -0.295 e. The number of hydrogen-bond donors (Lipinski definition) is 0. The van der Waals surface area contributed by atoms with Crippen molar-refractivity contribution >= 4 is 32.5 Å². The van der Waals surface area contributed by atoms with Crippen molar-refractivity contribution in [2.45, 2.75) is 50.9 Å². The average Bonchev–Trinajstić information content (AvgIpc) is 2.76. The van der Waals surface area contributed by atoms with Crippen LogP contribution in [0.5, 0.6) is 0 Å². The molecule has 0 aliphatic heterocycles. The van der Waals surface area contributed by atoms with E-state index in [2.05, 4.69) is 4.98 Å². The SMILES string of the molecule is CCCN(C(C)c1nc2cc(Cl)ccc2c(=O)n1CC)S(=O)(=O)c1cccc(C(F)(F)F)c1. The third kappa shape index (κ3) is 4.92. The predicted octanol–water partition coefficient (Wildman–Crippen LogP) is 5.25. The van der Waals surface area contributed by atoms with Crippen molar-refractivity contribution in [1.29, 1.82) is 0 Å². The Kier molecular flexibility index (Phi) is 7.21. The van der Waals surface area contributed by atoms with Gasteiger partial charge >= 0.3 is 6.18 Å². The molecule has 11 heteroatoms. The summed E-state index contributed by atoms with van der Waals surface area (Å²) < 4.78 is 68.9. The molecule has 1 atom stereocenters. The Bertz CT molecular complexity index is 1340. The van der Waals surface area contributed by atoms with Crippen LogP contribution >= 0.6 is 11.6 Å². The van der Waals surface area contributed by atoms with E-state index in [1.54, 1.807) is 32.9 Å². The van der Waals surface area contributed by atoms with Gasteiger partial charge in [0.2, 0.25) is 10.0 Å². The zero-order valence-corrected chi connectivity index (χ0v) is 19.8. The zero-order chi connectivity index (χ0) is 24.6. The normalized spacial score (nSPS) is 13.6. The lowest BCUT2D eigenvalue weighted by Crippen LogP contribution is -2.38. The molecule has 33 heavy (non-hydrogen) atoms. The summed E-state index contributed by atoms with van der Waals surface area (Å²) in [5, 5.41) is 0.698. The summed E-state index contributed by atoms with van der Waals surface area (Å²) in [4.78, 5) is 17.1. The fourth-order valence-electron chi connectivity index (χ4n) is 3.68. The summed E-state index contributed by atoms with van der Waals surface area (Å²) in [5.41, 5.74) is -1.10. The lowest BCUT2D eigenvalue weighted by Gasteiger charge is -2.29. The average molecular weight is 502 g/mol. The summed E-state index contributed by atoms with van der Waals surface area (Å²) in [6, 6.07) is 7.32. The quantitative estimate of drug-likeness (QED) is 0.443. The highest BCUT2D eigenvalue weighted by Gasteiger charge is 2.35. The van der Waals surface area contributed by atoms with Crippen LogP contribution in [-0.4, -0.2) is 28.8 Å². The molecule has 0 bridgehead atoms. The minimum absolute atomic E-state index is 0.0207. The van der Waals surface area contributed by atoms with Crippen molar-refractivity contribution in [2.75, 3.05) is 6.54 Å². The highest BCUT2D eigenvalue weighted by atomic mass is 35.5. The molecular weight excluding hydrogens is 479 g/mol.